The molecule has 0 aliphatic heterocycles. The molecule has 1 aromatic carbocycles. The summed E-state index contributed by atoms with van der Waals surface area (Å²) in [5, 5.41) is 6.32. The Hall–Kier alpha value is -0.890. The quantitative estimate of drug-likeness (QED) is 0.322. The number of aliphatic imine (C=N–C) groups is 1. The summed E-state index contributed by atoms with van der Waals surface area (Å²) >= 11 is 0. The third kappa shape index (κ3) is 7.64. The minimum atomic E-state index is -0.160. The van der Waals surface area contributed by atoms with Crippen LogP contribution in [0.25, 0.3) is 0 Å². The molecular formula is C14H23FIN3O. The molecule has 0 atom stereocenters. The van der Waals surface area contributed by atoms with E-state index in [2.05, 4.69) is 15.6 Å². The fourth-order valence-corrected chi connectivity index (χ4v) is 1.66. The maximum Gasteiger partial charge on any atom is 0.190 e. The van der Waals surface area contributed by atoms with Crippen molar-refractivity contribution in [3.63, 3.8) is 0 Å². The summed E-state index contributed by atoms with van der Waals surface area (Å²) in [6.07, 6.45) is 1.55. The predicted molar refractivity (Wildman–Crippen MR) is 91.4 cm³/mol. The lowest BCUT2D eigenvalue weighted by Gasteiger charge is -2.11. The zero-order valence-corrected chi connectivity index (χ0v) is 14.3. The molecule has 0 amide bonds. The lowest BCUT2D eigenvalue weighted by atomic mass is 10.1. The lowest BCUT2D eigenvalue weighted by Crippen LogP contribution is -2.39. The molecule has 0 fully saturated rings. The minimum Gasteiger partial charge on any atom is -0.385 e. The van der Waals surface area contributed by atoms with Crippen LogP contribution in [0.1, 0.15) is 12.0 Å². The second-order valence-electron chi connectivity index (χ2n) is 4.11. The molecule has 0 aromatic heterocycles. The van der Waals surface area contributed by atoms with E-state index in [4.69, 9.17) is 4.74 Å². The smallest absolute Gasteiger partial charge is 0.190 e. The van der Waals surface area contributed by atoms with E-state index in [1.165, 1.54) is 6.07 Å². The number of benzene rings is 1. The average Bonchev–Trinajstić information content (AvgIpc) is 2.43. The van der Waals surface area contributed by atoms with Crippen LogP contribution >= 0.6 is 24.0 Å². The number of hydrogen-bond donors (Lipinski definition) is 2. The largest absolute Gasteiger partial charge is 0.385 e. The first-order chi connectivity index (χ1) is 9.27. The standard InChI is InChI=1S/C14H22FN3O.HI/c1-16-14(17-9-5-11-19-2)18-10-8-12-6-3-4-7-13(12)15;/h3-4,6-7H,5,8-11H2,1-2H3,(H2,16,17,18);1H. The van der Waals surface area contributed by atoms with Crippen molar-refractivity contribution < 1.29 is 9.13 Å². The van der Waals surface area contributed by atoms with Crippen molar-refractivity contribution in [2.75, 3.05) is 33.9 Å². The molecule has 2 N–H and O–H groups in total. The summed E-state index contributed by atoms with van der Waals surface area (Å²) in [5.41, 5.74) is 0.713. The first-order valence-electron chi connectivity index (χ1n) is 6.44. The number of rotatable bonds is 7. The second-order valence-corrected chi connectivity index (χ2v) is 4.11. The van der Waals surface area contributed by atoms with E-state index in [-0.39, 0.29) is 29.8 Å². The van der Waals surface area contributed by atoms with Gasteiger partial charge in [0, 0.05) is 33.9 Å². The van der Waals surface area contributed by atoms with Crippen LogP contribution in [-0.4, -0.2) is 39.8 Å². The Morgan fingerprint density at radius 2 is 1.95 bits per heavy atom. The summed E-state index contributed by atoms with van der Waals surface area (Å²) < 4.78 is 18.4. The number of nitrogens with one attached hydrogen (secondary N) is 2. The first kappa shape index (κ1) is 19.1. The summed E-state index contributed by atoms with van der Waals surface area (Å²) in [4.78, 5) is 4.10. The molecule has 0 bridgehead atoms. The van der Waals surface area contributed by atoms with Gasteiger partial charge in [0.25, 0.3) is 0 Å². The van der Waals surface area contributed by atoms with Gasteiger partial charge in [0.1, 0.15) is 5.82 Å². The zero-order valence-electron chi connectivity index (χ0n) is 12.0. The second kappa shape index (κ2) is 11.9. The van der Waals surface area contributed by atoms with Crippen molar-refractivity contribution in [2.24, 2.45) is 4.99 Å². The van der Waals surface area contributed by atoms with Gasteiger partial charge in [-0.1, -0.05) is 18.2 Å². The molecule has 20 heavy (non-hydrogen) atoms. The summed E-state index contributed by atoms with van der Waals surface area (Å²) in [6, 6.07) is 6.82. The molecule has 0 spiro atoms. The van der Waals surface area contributed by atoms with Crippen molar-refractivity contribution in [3.05, 3.63) is 35.6 Å². The van der Waals surface area contributed by atoms with E-state index >= 15 is 0 Å². The van der Waals surface area contributed by atoms with Crippen LogP contribution in [0.4, 0.5) is 4.39 Å². The molecular weight excluding hydrogens is 372 g/mol. The fourth-order valence-electron chi connectivity index (χ4n) is 1.66. The molecule has 6 heteroatoms. The van der Waals surface area contributed by atoms with Gasteiger partial charge in [-0.25, -0.2) is 4.39 Å². The number of methoxy groups -OCH3 is 1. The molecule has 1 rings (SSSR count). The number of halogens is 2. The van der Waals surface area contributed by atoms with Crippen LogP contribution in [0, 0.1) is 5.82 Å². The van der Waals surface area contributed by atoms with E-state index in [1.807, 2.05) is 6.07 Å². The van der Waals surface area contributed by atoms with Gasteiger partial charge in [-0.05, 0) is 24.5 Å². The maximum absolute atomic E-state index is 13.4. The fraction of sp³-hybridized carbons (Fsp3) is 0.500. The minimum absolute atomic E-state index is 0. The normalized spacial score (nSPS) is 10.8. The van der Waals surface area contributed by atoms with Crippen LogP contribution < -0.4 is 10.6 Å². The molecule has 0 saturated heterocycles. The number of hydrogen-bond acceptors (Lipinski definition) is 2. The molecule has 0 radical (unpaired) electrons. The summed E-state index contributed by atoms with van der Waals surface area (Å²) in [7, 11) is 3.40. The molecule has 1 aromatic rings. The molecule has 0 heterocycles. The third-order valence-corrected chi connectivity index (χ3v) is 2.69. The van der Waals surface area contributed by atoms with E-state index < -0.39 is 0 Å². The maximum atomic E-state index is 13.4. The van der Waals surface area contributed by atoms with Crippen LogP contribution in [0.2, 0.25) is 0 Å². The highest BCUT2D eigenvalue weighted by Gasteiger charge is 2.01. The van der Waals surface area contributed by atoms with E-state index in [9.17, 15) is 4.39 Å². The van der Waals surface area contributed by atoms with Crippen molar-refractivity contribution in [1.29, 1.82) is 0 Å². The van der Waals surface area contributed by atoms with Crippen molar-refractivity contribution in [2.45, 2.75) is 12.8 Å². The van der Waals surface area contributed by atoms with Gasteiger partial charge in [0.05, 0.1) is 0 Å². The lowest BCUT2D eigenvalue weighted by molar-refractivity contribution is 0.195. The van der Waals surface area contributed by atoms with Gasteiger partial charge in [-0.15, -0.1) is 24.0 Å². The van der Waals surface area contributed by atoms with Crippen LogP contribution in [-0.2, 0) is 11.2 Å². The Morgan fingerprint density at radius 1 is 1.25 bits per heavy atom. The molecule has 0 aliphatic carbocycles. The van der Waals surface area contributed by atoms with E-state index in [1.54, 1.807) is 26.3 Å². The SMILES string of the molecule is CN=C(NCCCOC)NCCc1ccccc1F.I. The van der Waals surface area contributed by atoms with Crippen molar-refractivity contribution in [1.82, 2.24) is 10.6 Å². The Bertz CT molecular complexity index is 402. The number of ether oxygens (including phenoxy) is 1. The highest BCUT2D eigenvalue weighted by atomic mass is 127. The third-order valence-electron chi connectivity index (χ3n) is 2.69. The van der Waals surface area contributed by atoms with Gasteiger partial charge in [0.15, 0.2) is 5.96 Å². The zero-order chi connectivity index (χ0) is 13.9. The Morgan fingerprint density at radius 3 is 2.60 bits per heavy atom. The highest BCUT2D eigenvalue weighted by molar-refractivity contribution is 14.0. The number of guanidine groups is 1. The molecule has 0 unspecified atom stereocenters. The van der Waals surface area contributed by atoms with Gasteiger partial charge >= 0.3 is 0 Å². The van der Waals surface area contributed by atoms with Crippen molar-refractivity contribution in [3.8, 4) is 0 Å². The van der Waals surface area contributed by atoms with Crippen LogP contribution in [0.5, 0.6) is 0 Å². The average molecular weight is 395 g/mol. The first-order valence-corrected chi connectivity index (χ1v) is 6.44. The molecule has 114 valence electrons. The van der Waals surface area contributed by atoms with E-state index in [0.717, 1.165) is 25.5 Å². The summed E-state index contributed by atoms with van der Waals surface area (Å²) in [5.74, 6) is 0.569. The Kier molecular flexibility index (Phi) is 11.4. The van der Waals surface area contributed by atoms with Gasteiger partial charge < -0.3 is 15.4 Å². The van der Waals surface area contributed by atoms with Crippen molar-refractivity contribution >= 4 is 29.9 Å². The van der Waals surface area contributed by atoms with Crippen LogP contribution in [0.15, 0.2) is 29.3 Å². The van der Waals surface area contributed by atoms with Gasteiger partial charge in [0.2, 0.25) is 0 Å². The van der Waals surface area contributed by atoms with Crippen LogP contribution in [0.3, 0.4) is 0 Å². The Labute approximate surface area is 137 Å². The Balaban J connectivity index is 0.00000361. The highest BCUT2D eigenvalue weighted by Crippen LogP contribution is 2.05. The number of nitrogens with zero attached hydrogens (tertiary/aromatic N) is 1. The van der Waals surface area contributed by atoms with Gasteiger partial charge in [-0.3, -0.25) is 4.99 Å². The van der Waals surface area contributed by atoms with E-state index in [0.29, 0.717) is 18.5 Å². The van der Waals surface area contributed by atoms with Gasteiger partial charge in [-0.2, -0.15) is 0 Å². The predicted octanol–water partition coefficient (Wildman–Crippen LogP) is 2.19. The molecule has 0 aliphatic rings. The summed E-state index contributed by atoms with van der Waals surface area (Å²) in [6.45, 7) is 2.16. The molecule has 4 nitrogen and oxygen atoms in total. The topological polar surface area (TPSA) is 45.7 Å². The monoisotopic (exact) mass is 395 g/mol. The molecule has 0 saturated carbocycles.